The van der Waals surface area contributed by atoms with E-state index in [0.717, 1.165) is 24.9 Å². The minimum absolute atomic E-state index is 0.0168. The second-order valence-corrected chi connectivity index (χ2v) is 4.29. The molecule has 1 amide bonds. The van der Waals surface area contributed by atoms with Crippen molar-refractivity contribution >= 4 is 33.5 Å². The fourth-order valence-electron chi connectivity index (χ4n) is 0.712. The van der Waals surface area contributed by atoms with Crippen LogP contribution in [0.5, 0.6) is 0 Å². The van der Waals surface area contributed by atoms with E-state index in [0.29, 0.717) is 4.32 Å². The molecule has 0 aromatic heterocycles. The average molecular weight is 220 g/mol. The molecular formula is C8H16N2OS2. The van der Waals surface area contributed by atoms with Gasteiger partial charge in [-0.2, -0.15) is 0 Å². The number of hydrogen-bond acceptors (Lipinski definition) is 3. The molecule has 0 fully saturated rings. The quantitative estimate of drug-likeness (QED) is 0.664. The van der Waals surface area contributed by atoms with Gasteiger partial charge in [0.25, 0.3) is 5.24 Å². The fourth-order valence-corrected chi connectivity index (χ4v) is 1.90. The van der Waals surface area contributed by atoms with Crippen molar-refractivity contribution in [3.05, 3.63) is 0 Å². The van der Waals surface area contributed by atoms with E-state index in [9.17, 15) is 4.79 Å². The van der Waals surface area contributed by atoms with Gasteiger partial charge in [0.15, 0.2) is 0 Å². The Morgan fingerprint density at radius 1 is 1.31 bits per heavy atom. The lowest BCUT2D eigenvalue weighted by Crippen LogP contribution is -2.29. The lowest BCUT2D eigenvalue weighted by Gasteiger charge is -2.21. The van der Waals surface area contributed by atoms with Crippen LogP contribution in [0.25, 0.3) is 0 Å². The van der Waals surface area contributed by atoms with Crippen molar-refractivity contribution in [1.82, 2.24) is 9.80 Å². The summed E-state index contributed by atoms with van der Waals surface area (Å²) in [7, 11) is 3.44. The van der Waals surface area contributed by atoms with Crippen LogP contribution in [0.1, 0.15) is 13.8 Å². The second kappa shape index (κ2) is 6.21. The first kappa shape index (κ1) is 12.7. The number of thioether (sulfide) groups is 1. The Kier molecular flexibility index (Phi) is 6.07. The maximum Gasteiger partial charge on any atom is 0.288 e. The standard InChI is InChI=1S/C8H16N2OS2/c1-5-10(6-2)8(12)13-7(11)9(3)4/h5-6H2,1-4H3. The molecule has 0 atom stereocenters. The van der Waals surface area contributed by atoms with Gasteiger partial charge in [-0.05, 0) is 13.8 Å². The van der Waals surface area contributed by atoms with E-state index >= 15 is 0 Å². The van der Waals surface area contributed by atoms with E-state index in [-0.39, 0.29) is 5.24 Å². The zero-order chi connectivity index (χ0) is 10.4. The molecule has 0 aliphatic heterocycles. The van der Waals surface area contributed by atoms with Crippen LogP contribution < -0.4 is 0 Å². The highest BCUT2D eigenvalue weighted by atomic mass is 32.2. The van der Waals surface area contributed by atoms with Crippen molar-refractivity contribution in [3.8, 4) is 0 Å². The highest BCUT2D eigenvalue weighted by molar-refractivity contribution is 8.32. The Bertz CT molecular complexity index is 191. The first-order valence-corrected chi connectivity index (χ1v) is 5.43. The summed E-state index contributed by atoms with van der Waals surface area (Å²) in [5.74, 6) is 0. The SMILES string of the molecule is CCN(CC)C(=S)SC(=O)N(C)C. The summed E-state index contributed by atoms with van der Waals surface area (Å²) in [4.78, 5) is 14.8. The molecule has 0 radical (unpaired) electrons. The van der Waals surface area contributed by atoms with Crippen LogP contribution in [0.15, 0.2) is 0 Å². The number of carbonyl (C=O) groups is 1. The largest absolute Gasteiger partial charge is 0.358 e. The van der Waals surface area contributed by atoms with Gasteiger partial charge in [-0.3, -0.25) is 4.79 Å². The van der Waals surface area contributed by atoms with E-state index in [2.05, 4.69) is 0 Å². The van der Waals surface area contributed by atoms with E-state index in [4.69, 9.17) is 12.2 Å². The van der Waals surface area contributed by atoms with Crippen molar-refractivity contribution in [2.75, 3.05) is 27.2 Å². The number of thiocarbonyl (C=S) groups is 1. The molecule has 0 heterocycles. The summed E-state index contributed by atoms with van der Waals surface area (Å²) in [6, 6.07) is 0. The van der Waals surface area contributed by atoms with Crippen molar-refractivity contribution in [2.45, 2.75) is 13.8 Å². The van der Waals surface area contributed by atoms with Gasteiger partial charge in [-0.25, -0.2) is 0 Å². The van der Waals surface area contributed by atoms with Crippen LogP contribution in [0, 0.1) is 0 Å². The van der Waals surface area contributed by atoms with Gasteiger partial charge in [0.2, 0.25) is 0 Å². The molecule has 13 heavy (non-hydrogen) atoms. The summed E-state index contributed by atoms with van der Waals surface area (Å²) < 4.78 is 0.656. The molecule has 5 heteroatoms. The van der Waals surface area contributed by atoms with Crippen LogP contribution in [-0.4, -0.2) is 46.5 Å². The van der Waals surface area contributed by atoms with Gasteiger partial charge in [0.05, 0.1) is 0 Å². The minimum atomic E-state index is -0.0168. The van der Waals surface area contributed by atoms with E-state index in [1.165, 1.54) is 4.90 Å². The summed E-state index contributed by atoms with van der Waals surface area (Å²) >= 11 is 6.22. The number of hydrogen-bond donors (Lipinski definition) is 0. The van der Waals surface area contributed by atoms with Gasteiger partial charge in [0, 0.05) is 38.9 Å². The first-order chi connectivity index (χ1) is 6.02. The Balaban J connectivity index is 4.06. The molecule has 3 nitrogen and oxygen atoms in total. The van der Waals surface area contributed by atoms with Gasteiger partial charge < -0.3 is 9.80 Å². The maximum absolute atomic E-state index is 11.3. The molecule has 0 saturated carbocycles. The smallest absolute Gasteiger partial charge is 0.288 e. The van der Waals surface area contributed by atoms with E-state index < -0.39 is 0 Å². The van der Waals surface area contributed by atoms with Crippen LogP contribution in [0.3, 0.4) is 0 Å². The van der Waals surface area contributed by atoms with Crippen LogP contribution in [0.4, 0.5) is 4.79 Å². The van der Waals surface area contributed by atoms with Crippen LogP contribution in [-0.2, 0) is 0 Å². The number of rotatable bonds is 2. The third-order valence-corrected chi connectivity index (χ3v) is 3.04. The molecule has 0 aromatic carbocycles. The maximum atomic E-state index is 11.3. The molecule has 0 N–H and O–H groups in total. The molecule has 76 valence electrons. The highest BCUT2D eigenvalue weighted by Crippen LogP contribution is 2.12. The first-order valence-electron chi connectivity index (χ1n) is 4.20. The molecule has 0 bridgehead atoms. The number of carbonyl (C=O) groups excluding carboxylic acids is 1. The van der Waals surface area contributed by atoms with Crippen molar-refractivity contribution in [2.24, 2.45) is 0 Å². The molecule has 0 unspecified atom stereocenters. The Labute approximate surface area is 89.5 Å². The molecule has 0 aliphatic rings. The molecule has 0 spiro atoms. The lowest BCUT2D eigenvalue weighted by molar-refractivity contribution is 0.241. The summed E-state index contributed by atoms with van der Waals surface area (Å²) in [5, 5.41) is -0.0168. The van der Waals surface area contributed by atoms with Crippen LogP contribution in [0.2, 0.25) is 0 Å². The van der Waals surface area contributed by atoms with Crippen molar-refractivity contribution in [3.63, 3.8) is 0 Å². The Morgan fingerprint density at radius 2 is 1.77 bits per heavy atom. The molecule has 0 saturated heterocycles. The van der Waals surface area contributed by atoms with Gasteiger partial charge in [-0.1, -0.05) is 12.2 Å². The molecule has 0 aliphatic carbocycles. The molecular weight excluding hydrogens is 204 g/mol. The Morgan fingerprint density at radius 3 is 2.08 bits per heavy atom. The number of amides is 1. The van der Waals surface area contributed by atoms with Gasteiger partial charge in [-0.15, -0.1) is 0 Å². The normalized spacial score (nSPS) is 9.54. The molecule has 0 rings (SSSR count). The van der Waals surface area contributed by atoms with E-state index in [1.54, 1.807) is 14.1 Å². The zero-order valence-electron chi connectivity index (χ0n) is 8.53. The van der Waals surface area contributed by atoms with Gasteiger partial charge >= 0.3 is 0 Å². The predicted molar refractivity (Wildman–Crippen MR) is 62.2 cm³/mol. The Hall–Kier alpha value is -0.290. The third-order valence-electron chi connectivity index (χ3n) is 1.56. The fraction of sp³-hybridized carbons (Fsp3) is 0.750. The summed E-state index contributed by atoms with van der Waals surface area (Å²) in [5.41, 5.74) is 0. The summed E-state index contributed by atoms with van der Waals surface area (Å²) in [6.45, 7) is 5.75. The lowest BCUT2D eigenvalue weighted by atomic mass is 10.6. The monoisotopic (exact) mass is 220 g/mol. The van der Waals surface area contributed by atoms with Crippen molar-refractivity contribution in [1.29, 1.82) is 0 Å². The van der Waals surface area contributed by atoms with Crippen LogP contribution >= 0.6 is 24.0 Å². The molecule has 0 aromatic rings. The minimum Gasteiger partial charge on any atom is -0.358 e. The highest BCUT2D eigenvalue weighted by Gasteiger charge is 2.12. The number of nitrogens with zero attached hydrogens (tertiary/aromatic N) is 2. The summed E-state index contributed by atoms with van der Waals surface area (Å²) in [6.07, 6.45) is 0. The van der Waals surface area contributed by atoms with Gasteiger partial charge in [0.1, 0.15) is 4.32 Å². The predicted octanol–water partition coefficient (Wildman–Crippen LogP) is 2.03. The third kappa shape index (κ3) is 4.47. The van der Waals surface area contributed by atoms with E-state index in [1.807, 2.05) is 18.7 Å². The topological polar surface area (TPSA) is 23.6 Å². The second-order valence-electron chi connectivity index (χ2n) is 2.70. The van der Waals surface area contributed by atoms with Crippen molar-refractivity contribution < 1.29 is 4.79 Å². The zero-order valence-corrected chi connectivity index (χ0v) is 10.2. The average Bonchev–Trinajstić information content (AvgIpc) is 2.06.